The van der Waals surface area contributed by atoms with Crippen LogP contribution in [0.2, 0.25) is 0 Å². The summed E-state index contributed by atoms with van der Waals surface area (Å²) >= 11 is 0. The number of fused-ring (bicyclic) bond motifs is 1. The van der Waals surface area contributed by atoms with Gasteiger partial charge in [-0.05, 0) is 31.0 Å². The van der Waals surface area contributed by atoms with E-state index in [9.17, 15) is 9.18 Å². The minimum absolute atomic E-state index is 0.0185. The molecule has 1 aromatic carbocycles. The summed E-state index contributed by atoms with van der Waals surface area (Å²) in [5.41, 5.74) is 1.45. The molecule has 1 aliphatic heterocycles. The number of nitrogens with one attached hydrogen (secondary N) is 1. The maximum atomic E-state index is 13.3. The third kappa shape index (κ3) is 3.19. The molecule has 130 valence electrons. The molecule has 25 heavy (non-hydrogen) atoms. The third-order valence-electron chi connectivity index (χ3n) is 4.31. The minimum Gasteiger partial charge on any atom is -0.423 e. The zero-order chi connectivity index (χ0) is 17.4. The van der Waals surface area contributed by atoms with E-state index in [0.717, 1.165) is 19.4 Å². The first-order chi connectivity index (χ1) is 12.1. The third-order valence-corrected chi connectivity index (χ3v) is 4.31. The molecule has 0 aliphatic carbocycles. The van der Waals surface area contributed by atoms with Gasteiger partial charge in [0, 0.05) is 38.4 Å². The molecule has 0 radical (unpaired) electrons. The van der Waals surface area contributed by atoms with E-state index in [1.54, 1.807) is 30.1 Å². The molecule has 8 heteroatoms. The van der Waals surface area contributed by atoms with Crippen LogP contribution in [0.5, 0.6) is 0 Å². The number of rotatable bonds is 3. The van der Waals surface area contributed by atoms with Gasteiger partial charge in [-0.15, -0.1) is 0 Å². The van der Waals surface area contributed by atoms with Crippen LogP contribution in [0.1, 0.15) is 23.3 Å². The number of halogens is 1. The van der Waals surface area contributed by atoms with Crippen molar-refractivity contribution >= 4 is 23.0 Å². The Morgan fingerprint density at radius 3 is 3.08 bits per heavy atom. The van der Waals surface area contributed by atoms with Gasteiger partial charge in [0.2, 0.25) is 0 Å². The standard InChI is InChI=1S/C17H18FN5O2/c1-22-8-6-14(21-22)16(24)19-12-3-2-7-23(10-12)17-20-13-5-4-11(18)9-15(13)25-17/h4-6,8-9,12H,2-3,7,10H2,1H3,(H,19,24). The maximum Gasteiger partial charge on any atom is 0.298 e. The predicted molar refractivity (Wildman–Crippen MR) is 89.9 cm³/mol. The van der Waals surface area contributed by atoms with Crippen molar-refractivity contribution < 1.29 is 13.6 Å². The van der Waals surface area contributed by atoms with Crippen molar-refractivity contribution in [2.24, 2.45) is 7.05 Å². The molecular weight excluding hydrogens is 325 g/mol. The number of carbonyl (C=O) groups excluding carboxylic acids is 1. The molecule has 1 aliphatic rings. The van der Waals surface area contributed by atoms with Gasteiger partial charge in [-0.1, -0.05) is 0 Å². The van der Waals surface area contributed by atoms with Crippen LogP contribution in [-0.4, -0.2) is 39.8 Å². The van der Waals surface area contributed by atoms with Crippen LogP contribution >= 0.6 is 0 Å². The highest BCUT2D eigenvalue weighted by Crippen LogP contribution is 2.25. The van der Waals surface area contributed by atoms with Crippen molar-refractivity contribution in [1.82, 2.24) is 20.1 Å². The van der Waals surface area contributed by atoms with Gasteiger partial charge in [0.05, 0.1) is 0 Å². The van der Waals surface area contributed by atoms with E-state index in [1.165, 1.54) is 12.1 Å². The highest BCUT2D eigenvalue weighted by molar-refractivity contribution is 5.92. The lowest BCUT2D eigenvalue weighted by molar-refractivity contribution is 0.0927. The Balaban J connectivity index is 1.47. The molecule has 3 heterocycles. The van der Waals surface area contributed by atoms with Crippen LogP contribution in [-0.2, 0) is 7.05 Å². The fraction of sp³-hybridized carbons (Fsp3) is 0.353. The molecule has 0 spiro atoms. The van der Waals surface area contributed by atoms with Gasteiger partial charge < -0.3 is 14.6 Å². The van der Waals surface area contributed by atoms with Crippen molar-refractivity contribution in [2.45, 2.75) is 18.9 Å². The lowest BCUT2D eigenvalue weighted by atomic mass is 10.1. The Kier molecular flexibility index (Phi) is 3.87. The number of aryl methyl sites for hydroxylation is 1. The number of carbonyl (C=O) groups is 1. The minimum atomic E-state index is -0.352. The molecule has 3 aromatic rings. The van der Waals surface area contributed by atoms with Crippen LogP contribution in [0.25, 0.3) is 11.1 Å². The number of hydrogen-bond acceptors (Lipinski definition) is 5. The highest BCUT2D eigenvalue weighted by atomic mass is 19.1. The molecule has 0 bridgehead atoms. The van der Waals surface area contributed by atoms with Gasteiger partial charge in [0.15, 0.2) is 5.58 Å². The number of nitrogens with zero attached hydrogens (tertiary/aromatic N) is 4. The first kappa shape index (κ1) is 15.6. The Morgan fingerprint density at radius 2 is 2.28 bits per heavy atom. The average molecular weight is 343 g/mol. The summed E-state index contributed by atoms with van der Waals surface area (Å²) in [6.07, 6.45) is 3.52. The SMILES string of the molecule is Cn1ccc(C(=O)NC2CCCN(c3nc4ccc(F)cc4o3)C2)n1. The monoisotopic (exact) mass is 343 g/mol. The molecule has 0 saturated carbocycles. The summed E-state index contributed by atoms with van der Waals surface area (Å²) < 4.78 is 20.6. The summed E-state index contributed by atoms with van der Waals surface area (Å²) in [5, 5.41) is 7.12. The molecular formula is C17H18FN5O2. The topological polar surface area (TPSA) is 76.2 Å². The van der Waals surface area contributed by atoms with Crippen molar-refractivity contribution in [3.05, 3.63) is 42.0 Å². The molecule has 4 rings (SSSR count). The van der Waals surface area contributed by atoms with Gasteiger partial charge in [0.1, 0.15) is 17.0 Å². The molecule has 1 amide bonds. The number of anilines is 1. The molecule has 1 saturated heterocycles. The van der Waals surface area contributed by atoms with Crippen molar-refractivity contribution in [3.63, 3.8) is 0 Å². The second-order valence-electron chi connectivity index (χ2n) is 6.24. The second-order valence-corrected chi connectivity index (χ2v) is 6.24. The van der Waals surface area contributed by atoms with E-state index in [-0.39, 0.29) is 17.8 Å². The summed E-state index contributed by atoms with van der Waals surface area (Å²) in [7, 11) is 1.77. The smallest absolute Gasteiger partial charge is 0.298 e. The fourth-order valence-corrected chi connectivity index (χ4v) is 3.09. The van der Waals surface area contributed by atoms with E-state index < -0.39 is 0 Å². The lowest BCUT2D eigenvalue weighted by Crippen LogP contribution is -2.48. The van der Waals surface area contributed by atoms with Crippen LogP contribution in [0.3, 0.4) is 0 Å². The Bertz CT molecular complexity index is 919. The second kappa shape index (κ2) is 6.19. The van der Waals surface area contributed by atoms with Crippen LogP contribution < -0.4 is 10.2 Å². The van der Waals surface area contributed by atoms with Gasteiger partial charge in [-0.2, -0.15) is 10.1 Å². The van der Waals surface area contributed by atoms with E-state index in [1.807, 2.05) is 4.90 Å². The van der Waals surface area contributed by atoms with E-state index in [2.05, 4.69) is 15.4 Å². The van der Waals surface area contributed by atoms with Gasteiger partial charge in [-0.25, -0.2) is 4.39 Å². The molecule has 1 fully saturated rings. The highest BCUT2D eigenvalue weighted by Gasteiger charge is 2.25. The molecule has 1 unspecified atom stereocenters. The van der Waals surface area contributed by atoms with Crippen molar-refractivity contribution in [3.8, 4) is 0 Å². The average Bonchev–Trinajstić information content (AvgIpc) is 3.21. The molecule has 1 N–H and O–H groups in total. The zero-order valence-electron chi connectivity index (χ0n) is 13.8. The van der Waals surface area contributed by atoms with Crippen LogP contribution in [0, 0.1) is 5.82 Å². The number of aromatic nitrogens is 3. The summed E-state index contributed by atoms with van der Waals surface area (Å²) in [4.78, 5) is 18.7. The summed E-state index contributed by atoms with van der Waals surface area (Å²) in [6.45, 7) is 1.37. The number of benzene rings is 1. The Labute approximate surface area is 143 Å². The van der Waals surface area contributed by atoms with Gasteiger partial charge in [-0.3, -0.25) is 9.48 Å². The lowest BCUT2D eigenvalue weighted by Gasteiger charge is -2.31. The molecule has 7 nitrogen and oxygen atoms in total. The molecule has 2 aromatic heterocycles. The quantitative estimate of drug-likeness (QED) is 0.788. The van der Waals surface area contributed by atoms with E-state index in [0.29, 0.717) is 29.4 Å². The predicted octanol–water partition coefficient (Wildman–Crippen LogP) is 2.10. The van der Waals surface area contributed by atoms with E-state index >= 15 is 0 Å². The number of hydrogen-bond donors (Lipinski definition) is 1. The first-order valence-corrected chi connectivity index (χ1v) is 8.20. The van der Waals surface area contributed by atoms with Gasteiger partial charge in [0.25, 0.3) is 11.9 Å². The largest absolute Gasteiger partial charge is 0.423 e. The van der Waals surface area contributed by atoms with E-state index in [4.69, 9.17) is 4.42 Å². The number of amides is 1. The van der Waals surface area contributed by atoms with Gasteiger partial charge >= 0.3 is 0 Å². The first-order valence-electron chi connectivity index (χ1n) is 8.20. The number of oxazole rings is 1. The maximum absolute atomic E-state index is 13.3. The normalized spacial score (nSPS) is 17.8. The zero-order valence-corrected chi connectivity index (χ0v) is 13.8. The molecule has 1 atom stereocenters. The van der Waals surface area contributed by atoms with Crippen molar-refractivity contribution in [2.75, 3.05) is 18.0 Å². The Morgan fingerprint density at radius 1 is 1.40 bits per heavy atom. The summed E-state index contributed by atoms with van der Waals surface area (Å²) in [6, 6.07) is 6.41. The fourth-order valence-electron chi connectivity index (χ4n) is 3.09. The number of piperidine rings is 1. The van der Waals surface area contributed by atoms with Crippen LogP contribution in [0.15, 0.2) is 34.9 Å². The van der Waals surface area contributed by atoms with Crippen molar-refractivity contribution in [1.29, 1.82) is 0 Å². The summed E-state index contributed by atoms with van der Waals surface area (Å²) in [5.74, 6) is -0.540. The Hall–Kier alpha value is -2.90. The van der Waals surface area contributed by atoms with Crippen LogP contribution in [0.4, 0.5) is 10.4 Å².